The number of anilines is 8. The molecule has 9 rings (SSSR count). The van der Waals surface area contributed by atoms with E-state index in [1.807, 2.05) is 32.6 Å². The summed E-state index contributed by atoms with van der Waals surface area (Å²) in [6.07, 6.45) is 0. The van der Waals surface area contributed by atoms with Crippen LogP contribution in [0.15, 0.2) is 70.5 Å². The Morgan fingerprint density at radius 1 is 0.583 bits per heavy atom. The summed E-state index contributed by atoms with van der Waals surface area (Å²) < 4.78 is 78.8. The number of carbonyl (C=O) groups excluding carboxylic acids is 4. The number of nitrogen functional groups attached to an aromatic ring is 2. The lowest BCUT2D eigenvalue weighted by atomic mass is 9.82. The lowest BCUT2D eigenvalue weighted by Crippen LogP contribution is -2.37. The Bertz CT molecular complexity index is 3780. The van der Waals surface area contributed by atoms with E-state index in [1.54, 1.807) is 24.3 Å². The predicted molar refractivity (Wildman–Crippen MR) is 315 cm³/mol. The summed E-state index contributed by atoms with van der Waals surface area (Å²) in [6.45, 7) is 11.8. The number of fused-ring (bicyclic) bond motifs is 4. The number of carbonyl (C=O) groups is 4. The number of ether oxygens (including phenoxy) is 2. The number of nitrogens with one attached hydrogen (secondary N) is 5. The molecule has 0 amide bonds. The van der Waals surface area contributed by atoms with Crippen LogP contribution in [0, 0.1) is 10.8 Å². The molecule has 6 aromatic rings. The van der Waals surface area contributed by atoms with Gasteiger partial charge in [-0.2, -0.15) is 46.7 Å². The number of aliphatic hydroxyl groups excluding tert-OH is 1. The zero-order valence-corrected chi connectivity index (χ0v) is 48.2. The number of nitrogens with two attached hydrogens (primary N) is 2. The Morgan fingerprint density at radius 2 is 0.964 bits per heavy atom. The van der Waals surface area contributed by atoms with Crippen molar-refractivity contribution >= 4 is 113 Å². The first-order valence-electron chi connectivity index (χ1n) is 25.5. The third-order valence-electron chi connectivity index (χ3n) is 13.2. The molecule has 1 aliphatic heterocycles. The van der Waals surface area contributed by atoms with Crippen LogP contribution < -0.4 is 43.0 Å². The Morgan fingerprint density at radius 3 is 1.38 bits per heavy atom. The van der Waals surface area contributed by atoms with E-state index in [1.165, 1.54) is 24.3 Å². The van der Waals surface area contributed by atoms with E-state index >= 15 is 0 Å². The number of morpholine rings is 1. The van der Waals surface area contributed by atoms with Crippen LogP contribution in [0.2, 0.25) is 10.6 Å². The first kappa shape index (κ1) is 63.8. The van der Waals surface area contributed by atoms with Crippen molar-refractivity contribution in [3.63, 3.8) is 0 Å². The third-order valence-corrected chi connectivity index (χ3v) is 15.3. The van der Waals surface area contributed by atoms with E-state index in [2.05, 4.69) is 56.5 Å². The Labute approximate surface area is 493 Å². The van der Waals surface area contributed by atoms with Crippen LogP contribution in [0.3, 0.4) is 0 Å². The molecule has 0 bridgehead atoms. The van der Waals surface area contributed by atoms with Gasteiger partial charge in [-0.15, -0.1) is 0 Å². The van der Waals surface area contributed by atoms with Gasteiger partial charge in [0.15, 0.2) is 23.1 Å². The topological polar surface area (TPSA) is 408 Å². The SMILES string of the molecule is C.CC(C)(CNc1nc(Cl)nc(N2CCOCC2)n1)CNc1cc(S(=O)(=O)O)c(N)c2c1C(=O)c1ccccc1C2=O.CC(C)(CNc1nc(Cl)nc(NCCOCCO)n1)CNc1cc(S(=O)(=O)O)c(N)c2c1C(=O)c1ccccc1C2=O. The number of rotatable bonds is 21. The Balaban J connectivity index is 0.000000238. The minimum atomic E-state index is -4.83. The second-order valence-electron chi connectivity index (χ2n) is 20.6. The largest absolute Gasteiger partial charge is 0.397 e. The van der Waals surface area contributed by atoms with Crippen molar-refractivity contribution in [2.45, 2.75) is 44.9 Å². The summed E-state index contributed by atoms with van der Waals surface area (Å²) in [6, 6.07) is 14.5. The molecule has 0 unspecified atom stereocenters. The van der Waals surface area contributed by atoms with Gasteiger partial charge in [-0.05, 0) is 46.2 Å². The first-order chi connectivity index (χ1) is 39.2. The monoisotopic (exact) mass is 1240 g/mol. The number of aliphatic hydroxyl groups is 1. The van der Waals surface area contributed by atoms with Gasteiger partial charge in [-0.1, -0.05) is 83.7 Å². The lowest BCUT2D eigenvalue weighted by molar-refractivity contribution is 0.0980. The van der Waals surface area contributed by atoms with E-state index < -0.39 is 75.4 Å². The summed E-state index contributed by atoms with van der Waals surface area (Å²) >= 11 is 12.2. The van der Waals surface area contributed by atoms with Crippen molar-refractivity contribution in [2.75, 3.05) is 122 Å². The van der Waals surface area contributed by atoms with Crippen molar-refractivity contribution in [1.82, 2.24) is 29.9 Å². The number of aromatic nitrogens is 6. The van der Waals surface area contributed by atoms with Gasteiger partial charge >= 0.3 is 0 Å². The summed E-state index contributed by atoms with van der Waals surface area (Å²) in [5, 5.41) is 24.1. The number of hydrogen-bond acceptors (Lipinski definition) is 25. The summed E-state index contributed by atoms with van der Waals surface area (Å²) in [5.41, 5.74) is 9.94. The number of nitrogens with zero attached hydrogens (tertiary/aromatic N) is 7. The molecule has 2 aliphatic carbocycles. The molecule has 2 aromatic heterocycles. The standard InChI is InChI=1S/C26H30ClN7O7S.C26H28ClN7O6S.CH4/c1-26(2,13-31-25-33-23(27)32-24(34-25)29-7-9-41-10-8-35)12-30-16-11-17(42(38,39)40)20(28)19-18(16)21(36)14-5-3-4-6-15(14)22(19)37;1-26(2,13-30-24-31-23(27)32-25(33-24)34-7-9-40-10-8-34)12-29-16-11-17(41(37,38)39)20(28)19-18(16)21(35)14-5-3-4-6-15(14)22(19)36;/h3-6,11,30,35H,7-10,12-13,28H2,1-2H3,(H,38,39,40)(H2,29,31,32,33,34);3-6,11,29H,7-10,12-13,28H2,1-2H3,(H,37,38,39)(H,30,31,32,33);1H4. The summed E-state index contributed by atoms with van der Waals surface area (Å²) in [4.78, 5) is 79.5. The quantitative estimate of drug-likeness (QED) is 0.0249. The van der Waals surface area contributed by atoms with Gasteiger partial charge in [0.1, 0.15) is 9.79 Å². The highest BCUT2D eigenvalue weighted by atomic mass is 35.5. The molecule has 1 saturated heterocycles. The summed E-state index contributed by atoms with van der Waals surface area (Å²) in [7, 11) is -9.64. The maximum atomic E-state index is 13.5. The van der Waals surface area contributed by atoms with Gasteiger partial charge in [0.25, 0.3) is 20.2 Å². The molecule has 3 heterocycles. The highest BCUT2D eigenvalue weighted by Gasteiger charge is 2.39. The molecular weight excluding hydrogens is 1180 g/mol. The third kappa shape index (κ3) is 14.6. The molecule has 27 nitrogen and oxygen atoms in total. The smallest absolute Gasteiger partial charge is 0.296 e. The van der Waals surface area contributed by atoms with Crippen LogP contribution in [0.5, 0.6) is 0 Å². The van der Waals surface area contributed by atoms with Gasteiger partial charge in [0, 0.05) is 79.4 Å². The predicted octanol–water partition coefficient (Wildman–Crippen LogP) is 5.25. The first-order valence-corrected chi connectivity index (χ1v) is 29.1. The van der Waals surface area contributed by atoms with Gasteiger partial charge in [-0.3, -0.25) is 28.3 Å². The van der Waals surface area contributed by atoms with Crippen LogP contribution in [-0.2, 0) is 29.7 Å². The number of benzene rings is 4. The minimum Gasteiger partial charge on any atom is -0.397 e. The van der Waals surface area contributed by atoms with E-state index in [4.69, 9.17) is 49.2 Å². The fourth-order valence-corrected chi connectivity index (χ4v) is 10.6. The van der Waals surface area contributed by atoms with Crippen LogP contribution >= 0.6 is 23.2 Å². The molecule has 12 N–H and O–H groups in total. The number of ketones is 4. The normalized spacial score (nSPS) is 14.0. The van der Waals surface area contributed by atoms with Crippen molar-refractivity contribution in [1.29, 1.82) is 0 Å². The fraction of sp³-hybridized carbons (Fsp3) is 0.358. The fourth-order valence-electron chi connectivity index (χ4n) is 8.96. The van der Waals surface area contributed by atoms with Crippen molar-refractivity contribution in [3.8, 4) is 0 Å². The van der Waals surface area contributed by atoms with Crippen molar-refractivity contribution < 1.29 is 59.7 Å². The second kappa shape index (κ2) is 26.0. The molecule has 31 heteroatoms. The zero-order valence-electron chi connectivity index (χ0n) is 45.0. The van der Waals surface area contributed by atoms with Crippen LogP contribution in [0.1, 0.15) is 98.8 Å². The molecule has 0 saturated carbocycles. The second-order valence-corrected chi connectivity index (χ2v) is 24.1. The molecule has 3 aliphatic rings. The van der Waals surface area contributed by atoms with E-state index in [0.29, 0.717) is 51.9 Å². The maximum absolute atomic E-state index is 13.5. The maximum Gasteiger partial charge on any atom is 0.296 e. The van der Waals surface area contributed by atoms with Gasteiger partial charge in [-0.25, -0.2) is 0 Å². The lowest BCUT2D eigenvalue weighted by Gasteiger charge is -2.29. The van der Waals surface area contributed by atoms with Gasteiger partial charge in [0.2, 0.25) is 34.4 Å². The molecule has 4 aromatic carbocycles. The molecule has 84 heavy (non-hydrogen) atoms. The van der Waals surface area contributed by atoms with E-state index in [-0.39, 0.29) is 125 Å². The van der Waals surface area contributed by atoms with Gasteiger partial charge < -0.3 is 57.5 Å². The van der Waals surface area contributed by atoms with Crippen LogP contribution in [0.4, 0.5) is 46.5 Å². The number of hydrogen-bond donors (Lipinski definition) is 10. The van der Waals surface area contributed by atoms with Crippen LogP contribution in [0.25, 0.3) is 0 Å². The Hall–Kier alpha value is -7.74. The molecule has 448 valence electrons. The van der Waals surface area contributed by atoms with E-state index in [9.17, 15) is 45.1 Å². The highest BCUT2D eigenvalue weighted by molar-refractivity contribution is 7.86. The average Bonchev–Trinajstić information content (AvgIpc) is 0.895. The van der Waals surface area contributed by atoms with E-state index in [0.717, 1.165) is 12.1 Å². The molecule has 0 spiro atoms. The molecular formula is C53H62Cl2N14O13S2. The van der Waals surface area contributed by atoms with Crippen molar-refractivity contribution in [3.05, 3.63) is 116 Å². The van der Waals surface area contributed by atoms with Gasteiger partial charge in [0.05, 0.1) is 66.7 Å². The van der Waals surface area contributed by atoms with Crippen LogP contribution in [-0.4, -0.2) is 163 Å². The highest BCUT2D eigenvalue weighted by Crippen LogP contribution is 2.41. The van der Waals surface area contributed by atoms with Crippen molar-refractivity contribution in [2.24, 2.45) is 10.8 Å². The Kier molecular flexibility index (Phi) is 19.8. The molecule has 0 atom stereocenters. The summed E-state index contributed by atoms with van der Waals surface area (Å²) in [5.74, 6) is -1.11. The number of halogens is 2. The molecule has 1 fully saturated rings. The minimum absolute atomic E-state index is 0. The zero-order chi connectivity index (χ0) is 60.2. The molecule has 0 radical (unpaired) electrons. The average molecular weight is 1240 g/mol.